The van der Waals surface area contributed by atoms with E-state index in [0.717, 1.165) is 5.56 Å². The fourth-order valence-corrected chi connectivity index (χ4v) is 3.38. The summed E-state index contributed by atoms with van der Waals surface area (Å²) in [5, 5.41) is 16.3. The molecule has 1 aromatic carbocycles. The minimum Gasteiger partial charge on any atom is -0.444 e. The molecule has 13 heteroatoms. The molecule has 0 aromatic heterocycles. The van der Waals surface area contributed by atoms with Gasteiger partial charge in [0.1, 0.15) is 5.60 Å². The molecule has 226 valence electrons. The SMILES string of the molecule is C[C@@H](CNC(=O)N[C@@H](C)CNC(=O)N(Cc1ccccc1)[C@@H](C)CN)NC(=O)NC[C@H](C)NC(=O)OC(C)(C)C. The van der Waals surface area contributed by atoms with Crippen LogP contribution < -0.4 is 37.6 Å². The molecule has 0 heterocycles. The molecule has 0 saturated carbocycles. The fraction of sp³-hybridized carbons (Fsp3) is 0.630. The lowest BCUT2D eigenvalue weighted by Crippen LogP contribution is -2.53. The molecule has 0 radical (unpaired) electrons. The molecule has 0 aliphatic heterocycles. The van der Waals surface area contributed by atoms with Gasteiger partial charge >= 0.3 is 24.2 Å². The zero-order chi connectivity index (χ0) is 30.3. The van der Waals surface area contributed by atoms with Crippen LogP contribution in [0.25, 0.3) is 0 Å². The number of ether oxygens (including phenoxy) is 1. The number of urea groups is 3. The molecule has 0 bridgehead atoms. The van der Waals surface area contributed by atoms with Crippen LogP contribution in [0.1, 0.15) is 54.0 Å². The van der Waals surface area contributed by atoms with Crippen molar-refractivity contribution in [3.8, 4) is 0 Å². The molecular weight excluding hydrogens is 516 g/mol. The van der Waals surface area contributed by atoms with E-state index in [-0.39, 0.29) is 49.8 Å². The summed E-state index contributed by atoms with van der Waals surface area (Å²) in [6, 6.07) is 7.29. The van der Waals surface area contributed by atoms with Crippen LogP contribution in [0.5, 0.6) is 0 Å². The average molecular weight is 565 g/mol. The van der Waals surface area contributed by atoms with E-state index in [1.807, 2.05) is 37.3 Å². The van der Waals surface area contributed by atoms with Crippen molar-refractivity contribution >= 4 is 24.2 Å². The minimum atomic E-state index is -0.609. The zero-order valence-corrected chi connectivity index (χ0v) is 24.8. The first-order valence-corrected chi connectivity index (χ1v) is 13.6. The summed E-state index contributed by atoms with van der Waals surface area (Å²) in [5.41, 5.74) is 6.19. The zero-order valence-electron chi connectivity index (χ0n) is 24.8. The Labute approximate surface area is 237 Å². The highest BCUT2D eigenvalue weighted by molar-refractivity contribution is 5.76. The molecule has 40 heavy (non-hydrogen) atoms. The Balaban J connectivity index is 2.34. The number of hydrogen-bond donors (Lipinski definition) is 7. The summed E-state index contributed by atoms with van der Waals surface area (Å²) < 4.78 is 5.18. The molecular formula is C27H48N8O5. The molecule has 0 saturated heterocycles. The minimum absolute atomic E-state index is 0.164. The number of alkyl carbamates (subject to hydrolysis) is 1. The Hall–Kier alpha value is -3.74. The smallest absolute Gasteiger partial charge is 0.407 e. The second-order valence-corrected chi connectivity index (χ2v) is 10.9. The second kappa shape index (κ2) is 17.1. The van der Waals surface area contributed by atoms with Crippen LogP contribution >= 0.6 is 0 Å². The number of nitrogens with two attached hydrogens (primary N) is 1. The molecule has 8 N–H and O–H groups in total. The van der Waals surface area contributed by atoms with Gasteiger partial charge in [-0.05, 0) is 54.0 Å². The van der Waals surface area contributed by atoms with E-state index in [2.05, 4.69) is 31.9 Å². The quantitative estimate of drug-likeness (QED) is 0.192. The number of hydrogen-bond acceptors (Lipinski definition) is 6. The van der Waals surface area contributed by atoms with Crippen LogP contribution in [0.15, 0.2) is 30.3 Å². The lowest BCUT2D eigenvalue weighted by Gasteiger charge is -2.29. The number of nitrogens with zero attached hydrogens (tertiary/aromatic N) is 1. The highest BCUT2D eigenvalue weighted by atomic mass is 16.6. The van der Waals surface area contributed by atoms with Gasteiger partial charge in [0, 0.05) is 56.9 Å². The standard InChI is InChI=1S/C27H48N8O5/c1-18(32-24(37)30-15-20(3)34-26(39)40-27(5,6)7)14-29-23(36)33-19(2)16-31-25(38)35(21(4)13-28)17-22-11-9-8-10-12-22/h8-12,18-21H,13-17,28H2,1-7H3,(H,31,38)(H,34,39)(H2,29,33,36)(H2,30,32,37)/t18-,19-,20-,21-/m0/s1. The van der Waals surface area contributed by atoms with Gasteiger partial charge < -0.3 is 47.3 Å². The topological polar surface area (TPSA) is 179 Å². The third-order valence-electron chi connectivity index (χ3n) is 5.54. The third kappa shape index (κ3) is 15.0. The summed E-state index contributed by atoms with van der Waals surface area (Å²) >= 11 is 0. The number of carbonyl (C=O) groups excluding carboxylic acids is 4. The van der Waals surface area contributed by atoms with Crippen molar-refractivity contribution in [1.82, 2.24) is 36.8 Å². The monoisotopic (exact) mass is 564 g/mol. The maximum Gasteiger partial charge on any atom is 0.407 e. The van der Waals surface area contributed by atoms with Crippen LogP contribution in [0, 0.1) is 0 Å². The second-order valence-electron chi connectivity index (χ2n) is 10.9. The van der Waals surface area contributed by atoms with Gasteiger partial charge in [-0.2, -0.15) is 0 Å². The normalized spacial score (nSPS) is 14.0. The van der Waals surface area contributed by atoms with E-state index in [9.17, 15) is 19.2 Å². The van der Waals surface area contributed by atoms with Crippen molar-refractivity contribution < 1.29 is 23.9 Å². The Bertz CT molecular complexity index is 941. The summed E-state index contributed by atoms with van der Waals surface area (Å²) in [4.78, 5) is 50.7. The van der Waals surface area contributed by atoms with Crippen LogP contribution in [-0.2, 0) is 11.3 Å². The van der Waals surface area contributed by atoms with Crippen molar-refractivity contribution in [2.24, 2.45) is 5.73 Å². The first kappa shape index (κ1) is 34.3. The van der Waals surface area contributed by atoms with E-state index in [4.69, 9.17) is 10.5 Å². The molecule has 0 spiro atoms. The third-order valence-corrected chi connectivity index (χ3v) is 5.54. The average Bonchev–Trinajstić information content (AvgIpc) is 2.87. The van der Waals surface area contributed by atoms with Gasteiger partial charge in [0.25, 0.3) is 0 Å². The number of amides is 7. The molecule has 7 amide bonds. The summed E-state index contributed by atoms with van der Waals surface area (Å²) in [6.07, 6.45) is -0.561. The molecule has 0 aliphatic rings. The number of carbonyl (C=O) groups is 4. The highest BCUT2D eigenvalue weighted by Crippen LogP contribution is 2.08. The maximum absolute atomic E-state index is 12.8. The molecule has 1 aromatic rings. The molecule has 4 atom stereocenters. The van der Waals surface area contributed by atoms with E-state index < -0.39 is 23.8 Å². The van der Waals surface area contributed by atoms with Crippen molar-refractivity contribution in [3.63, 3.8) is 0 Å². The van der Waals surface area contributed by atoms with Gasteiger partial charge in [-0.25, -0.2) is 19.2 Å². The van der Waals surface area contributed by atoms with Gasteiger partial charge in [0.05, 0.1) is 0 Å². The summed E-state index contributed by atoms with van der Waals surface area (Å²) in [5.74, 6) is 0. The van der Waals surface area contributed by atoms with Gasteiger partial charge in [-0.1, -0.05) is 30.3 Å². The van der Waals surface area contributed by atoms with Gasteiger partial charge in [0.2, 0.25) is 0 Å². The van der Waals surface area contributed by atoms with Gasteiger partial charge in [-0.15, -0.1) is 0 Å². The first-order chi connectivity index (χ1) is 18.7. The maximum atomic E-state index is 12.8. The molecule has 0 fully saturated rings. The van der Waals surface area contributed by atoms with Crippen molar-refractivity contribution in [2.75, 3.05) is 26.2 Å². The van der Waals surface area contributed by atoms with E-state index in [0.29, 0.717) is 13.1 Å². The van der Waals surface area contributed by atoms with E-state index in [1.54, 1.807) is 46.4 Å². The largest absolute Gasteiger partial charge is 0.444 e. The van der Waals surface area contributed by atoms with Gasteiger partial charge in [0.15, 0.2) is 0 Å². The van der Waals surface area contributed by atoms with Crippen LogP contribution in [0.3, 0.4) is 0 Å². The Kier molecular flexibility index (Phi) is 14.6. The van der Waals surface area contributed by atoms with E-state index >= 15 is 0 Å². The Morgan fingerprint density at radius 2 is 1.27 bits per heavy atom. The van der Waals surface area contributed by atoms with E-state index in [1.165, 1.54) is 0 Å². The van der Waals surface area contributed by atoms with Crippen molar-refractivity contribution in [1.29, 1.82) is 0 Å². The number of rotatable bonds is 13. The fourth-order valence-electron chi connectivity index (χ4n) is 3.38. The molecule has 1 rings (SSSR count). The lowest BCUT2D eigenvalue weighted by atomic mass is 10.2. The van der Waals surface area contributed by atoms with Crippen LogP contribution in [-0.4, -0.2) is 85.0 Å². The van der Waals surface area contributed by atoms with Crippen LogP contribution in [0.4, 0.5) is 19.2 Å². The van der Waals surface area contributed by atoms with Crippen molar-refractivity contribution in [2.45, 2.75) is 84.8 Å². The Morgan fingerprint density at radius 3 is 1.75 bits per heavy atom. The lowest BCUT2D eigenvalue weighted by molar-refractivity contribution is 0.0508. The highest BCUT2D eigenvalue weighted by Gasteiger charge is 2.21. The molecule has 0 unspecified atom stereocenters. The summed E-state index contributed by atoms with van der Waals surface area (Å²) in [7, 11) is 0. The molecule has 0 aliphatic carbocycles. The van der Waals surface area contributed by atoms with Gasteiger partial charge in [-0.3, -0.25) is 0 Å². The van der Waals surface area contributed by atoms with Crippen LogP contribution in [0.2, 0.25) is 0 Å². The Morgan fingerprint density at radius 1 is 0.800 bits per heavy atom. The summed E-state index contributed by atoms with van der Waals surface area (Å²) in [6.45, 7) is 13.8. The predicted molar refractivity (Wildman–Crippen MR) is 155 cm³/mol. The number of benzene rings is 1. The molecule has 13 nitrogen and oxygen atoms in total. The first-order valence-electron chi connectivity index (χ1n) is 13.6. The predicted octanol–water partition coefficient (Wildman–Crippen LogP) is 1.83. The van der Waals surface area contributed by atoms with Crippen molar-refractivity contribution in [3.05, 3.63) is 35.9 Å². The number of nitrogens with one attached hydrogen (secondary N) is 6.